The number of rotatable bonds is 8. The van der Waals surface area contributed by atoms with Crippen molar-refractivity contribution in [3.05, 3.63) is 24.1 Å². The van der Waals surface area contributed by atoms with Crippen LogP contribution in [0.25, 0.3) is 11.4 Å². The van der Waals surface area contributed by atoms with Crippen molar-refractivity contribution >= 4 is 0 Å². The molecule has 1 saturated heterocycles. The predicted octanol–water partition coefficient (Wildman–Crippen LogP) is 1.32. The van der Waals surface area contributed by atoms with E-state index in [4.69, 9.17) is 14.0 Å². The standard InChI is InChI=1S/C18H25N3O5/c1-24-13-3-4-14(15(9-13)25-2)17-19-16(26-20-17)10-21-7-5-18(11-21,12-23)6-8-22/h3-4,9,22-23H,5-8,10-12H2,1-2H3. The van der Waals surface area contributed by atoms with Gasteiger partial charge in [-0.15, -0.1) is 0 Å². The smallest absolute Gasteiger partial charge is 0.241 e. The molecule has 142 valence electrons. The average Bonchev–Trinajstić information content (AvgIpc) is 3.29. The molecule has 8 heteroatoms. The number of methoxy groups -OCH3 is 2. The van der Waals surface area contributed by atoms with Crippen molar-refractivity contribution < 1.29 is 24.2 Å². The van der Waals surface area contributed by atoms with Crippen LogP contribution in [0.3, 0.4) is 0 Å². The van der Waals surface area contributed by atoms with Crippen LogP contribution in [-0.4, -0.2) is 65.8 Å². The molecule has 1 aromatic heterocycles. The van der Waals surface area contributed by atoms with Gasteiger partial charge in [-0.1, -0.05) is 5.16 Å². The van der Waals surface area contributed by atoms with Gasteiger partial charge in [0, 0.05) is 24.6 Å². The molecule has 1 aromatic carbocycles. The molecule has 2 heterocycles. The summed E-state index contributed by atoms with van der Waals surface area (Å²) in [7, 11) is 3.18. The lowest BCUT2D eigenvalue weighted by Crippen LogP contribution is -2.31. The van der Waals surface area contributed by atoms with E-state index in [1.54, 1.807) is 20.3 Å². The fourth-order valence-electron chi connectivity index (χ4n) is 3.42. The number of nitrogens with zero attached hydrogens (tertiary/aromatic N) is 3. The van der Waals surface area contributed by atoms with Gasteiger partial charge >= 0.3 is 0 Å². The van der Waals surface area contributed by atoms with Crippen molar-refractivity contribution in [2.45, 2.75) is 19.4 Å². The Bertz CT molecular complexity index is 735. The Kier molecular flexibility index (Phi) is 5.75. The van der Waals surface area contributed by atoms with E-state index in [9.17, 15) is 10.2 Å². The largest absolute Gasteiger partial charge is 0.497 e. The van der Waals surface area contributed by atoms with Crippen molar-refractivity contribution in [2.24, 2.45) is 5.41 Å². The van der Waals surface area contributed by atoms with E-state index in [1.807, 2.05) is 12.1 Å². The number of aromatic nitrogens is 2. The second-order valence-corrected chi connectivity index (χ2v) is 6.67. The first-order chi connectivity index (χ1) is 12.6. The number of benzene rings is 1. The number of hydrogen-bond acceptors (Lipinski definition) is 8. The van der Waals surface area contributed by atoms with Gasteiger partial charge in [-0.2, -0.15) is 4.98 Å². The van der Waals surface area contributed by atoms with Crippen LogP contribution in [0.15, 0.2) is 22.7 Å². The topological polar surface area (TPSA) is 101 Å². The fourth-order valence-corrected chi connectivity index (χ4v) is 3.42. The van der Waals surface area contributed by atoms with Crippen LogP contribution in [0.4, 0.5) is 0 Å². The average molecular weight is 363 g/mol. The first-order valence-corrected chi connectivity index (χ1v) is 8.62. The quantitative estimate of drug-likeness (QED) is 0.724. The maximum absolute atomic E-state index is 9.67. The molecule has 0 saturated carbocycles. The SMILES string of the molecule is COc1ccc(-c2noc(CN3CCC(CO)(CCO)C3)n2)c(OC)c1. The van der Waals surface area contributed by atoms with Gasteiger partial charge < -0.3 is 24.2 Å². The van der Waals surface area contributed by atoms with Crippen LogP contribution < -0.4 is 9.47 Å². The molecule has 2 N–H and O–H groups in total. The highest BCUT2D eigenvalue weighted by Crippen LogP contribution is 2.35. The Morgan fingerprint density at radius 3 is 2.81 bits per heavy atom. The number of ether oxygens (including phenoxy) is 2. The summed E-state index contributed by atoms with van der Waals surface area (Å²) in [5.41, 5.74) is 0.492. The highest BCUT2D eigenvalue weighted by atomic mass is 16.5. The third kappa shape index (κ3) is 3.82. The van der Waals surface area contributed by atoms with Crippen molar-refractivity contribution in [3.63, 3.8) is 0 Å². The van der Waals surface area contributed by atoms with E-state index >= 15 is 0 Å². The first kappa shape index (κ1) is 18.6. The lowest BCUT2D eigenvalue weighted by Gasteiger charge is -2.25. The van der Waals surface area contributed by atoms with Gasteiger partial charge in [0.1, 0.15) is 11.5 Å². The van der Waals surface area contributed by atoms with Crippen LogP contribution >= 0.6 is 0 Å². The molecule has 26 heavy (non-hydrogen) atoms. The molecule has 0 radical (unpaired) electrons. The van der Waals surface area contributed by atoms with Crippen molar-refractivity contribution in [2.75, 3.05) is 40.5 Å². The van der Waals surface area contributed by atoms with Gasteiger partial charge in [0.05, 0.1) is 32.9 Å². The second kappa shape index (κ2) is 8.03. The maximum atomic E-state index is 9.67. The summed E-state index contributed by atoms with van der Waals surface area (Å²) in [6, 6.07) is 5.43. The number of likely N-dealkylation sites (tertiary alicyclic amines) is 1. The minimum absolute atomic E-state index is 0.0716. The minimum Gasteiger partial charge on any atom is -0.497 e. The Hall–Kier alpha value is -2.16. The van der Waals surface area contributed by atoms with E-state index in [0.717, 1.165) is 18.5 Å². The molecule has 0 amide bonds. The monoisotopic (exact) mass is 363 g/mol. The summed E-state index contributed by atoms with van der Waals surface area (Å²) >= 11 is 0. The Morgan fingerprint density at radius 1 is 1.27 bits per heavy atom. The van der Waals surface area contributed by atoms with Gasteiger partial charge in [-0.3, -0.25) is 4.90 Å². The lowest BCUT2D eigenvalue weighted by molar-refractivity contribution is 0.0931. The summed E-state index contributed by atoms with van der Waals surface area (Å²) in [6.07, 6.45) is 1.44. The highest BCUT2D eigenvalue weighted by Gasteiger charge is 2.37. The van der Waals surface area contributed by atoms with Gasteiger partial charge in [0.15, 0.2) is 0 Å². The number of aliphatic hydroxyl groups is 2. The predicted molar refractivity (Wildman–Crippen MR) is 94.0 cm³/mol. The number of aliphatic hydroxyl groups excluding tert-OH is 2. The molecule has 3 rings (SSSR count). The van der Waals surface area contributed by atoms with Crippen LogP contribution in [0, 0.1) is 5.41 Å². The van der Waals surface area contributed by atoms with Crippen LogP contribution in [0.1, 0.15) is 18.7 Å². The van der Waals surface area contributed by atoms with Crippen molar-refractivity contribution in [1.82, 2.24) is 15.0 Å². The summed E-state index contributed by atoms with van der Waals surface area (Å²) < 4.78 is 16.0. The molecule has 1 unspecified atom stereocenters. The molecule has 1 atom stereocenters. The molecule has 0 aliphatic carbocycles. The minimum atomic E-state index is -0.239. The summed E-state index contributed by atoms with van der Waals surface area (Å²) in [4.78, 5) is 6.64. The van der Waals surface area contributed by atoms with E-state index in [-0.39, 0.29) is 18.6 Å². The van der Waals surface area contributed by atoms with Crippen LogP contribution in [0.2, 0.25) is 0 Å². The first-order valence-electron chi connectivity index (χ1n) is 8.62. The van der Waals surface area contributed by atoms with E-state index in [1.165, 1.54) is 0 Å². The normalized spacial score (nSPS) is 20.5. The molecule has 0 spiro atoms. The molecule has 1 aliphatic heterocycles. The van der Waals surface area contributed by atoms with Crippen LogP contribution in [0.5, 0.6) is 11.5 Å². The number of hydrogen-bond donors (Lipinski definition) is 2. The van der Waals surface area contributed by atoms with Gasteiger partial charge in [-0.05, 0) is 31.5 Å². The molecule has 1 fully saturated rings. The molecule has 0 bridgehead atoms. The third-order valence-corrected chi connectivity index (χ3v) is 4.97. The summed E-state index contributed by atoms with van der Waals surface area (Å²) in [5, 5.41) is 23.0. The fraction of sp³-hybridized carbons (Fsp3) is 0.556. The molecular weight excluding hydrogens is 338 g/mol. The van der Waals surface area contributed by atoms with Gasteiger partial charge in [-0.25, -0.2) is 0 Å². The Balaban J connectivity index is 1.71. The van der Waals surface area contributed by atoms with Crippen molar-refractivity contribution in [1.29, 1.82) is 0 Å². The zero-order valence-electron chi connectivity index (χ0n) is 15.1. The van der Waals surface area contributed by atoms with Crippen LogP contribution in [-0.2, 0) is 6.54 Å². The Labute approximate surface area is 152 Å². The summed E-state index contributed by atoms with van der Waals surface area (Å²) in [6.45, 7) is 2.19. The maximum Gasteiger partial charge on any atom is 0.241 e. The van der Waals surface area contributed by atoms with Gasteiger partial charge in [0.25, 0.3) is 0 Å². The zero-order valence-corrected chi connectivity index (χ0v) is 15.1. The lowest BCUT2D eigenvalue weighted by atomic mass is 9.85. The van der Waals surface area contributed by atoms with Gasteiger partial charge in [0.2, 0.25) is 11.7 Å². The van der Waals surface area contributed by atoms with E-state index < -0.39 is 0 Å². The van der Waals surface area contributed by atoms with Crippen molar-refractivity contribution in [3.8, 4) is 22.9 Å². The zero-order chi connectivity index (χ0) is 18.6. The van der Waals surface area contributed by atoms with E-state index in [2.05, 4.69) is 15.0 Å². The summed E-state index contributed by atoms with van der Waals surface area (Å²) in [5.74, 6) is 2.27. The molecule has 1 aliphatic rings. The third-order valence-electron chi connectivity index (χ3n) is 4.97. The second-order valence-electron chi connectivity index (χ2n) is 6.67. The van der Waals surface area contributed by atoms with E-state index in [0.29, 0.717) is 42.7 Å². The Morgan fingerprint density at radius 2 is 2.12 bits per heavy atom. The molecular formula is C18H25N3O5. The molecule has 8 nitrogen and oxygen atoms in total. The molecule has 2 aromatic rings. The highest BCUT2D eigenvalue weighted by molar-refractivity contribution is 5.65.